The molecule has 0 spiro atoms. The van der Waals surface area contributed by atoms with Crippen LogP contribution in [-0.4, -0.2) is 16.9 Å². The first-order chi connectivity index (χ1) is 8.06. The molecule has 1 heterocycles. The van der Waals surface area contributed by atoms with Gasteiger partial charge in [0.15, 0.2) is 0 Å². The van der Waals surface area contributed by atoms with Crippen molar-refractivity contribution in [3.05, 3.63) is 28.0 Å². The molecule has 1 atom stereocenters. The molecule has 1 aromatic heterocycles. The number of hydrogen-bond acceptors (Lipinski definition) is 2. The van der Waals surface area contributed by atoms with Gasteiger partial charge in [-0.3, -0.25) is 4.79 Å². The number of amides is 1. The number of carbonyl (C=O) groups excluding carboxylic acids is 1. The summed E-state index contributed by atoms with van der Waals surface area (Å²) in [6.07, 6.45) is 6.94. The molecule has 0 aliphatic heterocycles. The molecule has 0 aromatic carbocycles. The van der Waals surface area contributed by atoms with Crippen LogP contribution in [0.25, 0.3) is 0 Å². The van der Waals surface area contributed by atoms with E-state index < -0.39 is 0 Å². The van der Waals surface area contributed by atoms with Crippen molar-refractivity contribution in [1.29, 1.82) is 0 Å². The Kier molecular flexibility index (Phi) is 5.27. The summed E-state index contributed by atoms with van der Waals surface area (Å²) in [6, 6.07) is 2.61. The summed E-state index contributed by atoms with van der Waals surface area (Å²) in [5.41, 5.74) is 0.353. The lowest BCUT2D eigenvalue weighted by molar-refractivity contribution is 0.0944. The molecule has 0 aliphatic carbocycles. The molecule has 1 unspecified atom stereocenters. The Morgan fingerprint density at radius 2 is 2.12 bits per heavy atom. The summed E-state index contributed by atoms with van der Waals surface area (Å²) < 4.78 is 0. The standard InChI is InChI=1S/C12H12Cl2N2O/c1-3-5-9(4-2)15-12(17)8-6-10(13)16-11(14)7-8/h2,6-7,9H,3,5H2,1H3,(H,15,17). The Morgan fingerprint density at radius 1 is 1.53 bits per heavy atom. The topological polar surface area (TPSA) is 42.0 Å². The van der Waals surface area contributed by atoms with E-state index in [4.69, 9.17) is 29.6 Å². The molecule has 1 rings (SSSR count). The summed E-state index contributed by atoms with van der Waals surface area (Å²) in [7, 11) is 0. The van der Waals surface area contributed by atoms with Gasteiger partial charge in [-0.2, -0.15) is 0 Å². The van der Waals surface area contributed by atoms with Gasteiger partial charge in [0.1, 0.15) is 10.3 Å². The molecule has 0 saturated carbocycles. The van der Waals surface area contributed by atoms with Crippen molar-refractivity contribution < 1.29 is 4.79 Å². The first kappa shape index (κ1) is 13.8. The van der Waals surface area contributed by atoms with Crippen LogP contribution in [0.2, 0.25) is 10.3 Å². The number of aromatic nitrogens is 1. The minimum absolute atomic E-state index is 0.176. The van der Waals surface area contributed by atoms with Crippen LogP contribution < -0.4 is 5.32 Å². The van der Waals surface area contributed by atoms with E-state index in [1.165, 1.54) is 12.1 Å². The lowest BCUT2D eigenvalue weighted by Gasteiger charge is -2.12. The van der Waals surface area contributed by atoms with Gasteiger partial charge in [-0.15, -0.1) is 6.42 Å². The highest BCUT2D eigenvalue weighted by Gasteiger charge is 2.12. The van der Waals surface area contributed by atoms with Gasteiger partial charge in [0.2, 0.25) is 0 Å². The monoisotopic (exact) mass is 270 g/mol. The zero-order valence-electron chi connectivity index (χ0n) is 9.34. The Bertz CT molecular complexity index is 434. The molecule has 0 fully saturated rings. The van der Waals surface area contributed by atoms with Crippen molar-refractivity contribution in [2.45, 2.75) is 25.8 Å². The predicted molar refractivity (Wildman–Crippen MR) is 69.3 cm³/mol. The first-order valence-corrected chi connectivity index (χ1v) is 5.92. The van der Waals surface area contributed by atoms with Gasteiger partial charge in [-0.05, 0) is 18.6 Å². The fourth-order valence-electron chi connectivity index (χ4n) is 1.32. The van der Waals surface area contributed by atoms with Crippen LogP contribution in [0.1, 0.15) is 30.1 Å². The molecule has 5 heteroatoms. The number of carbonyl (C=O) groups is 1. The summed E-state index contributed by atoms with van der Waals surface area (Å²) in [6.45, 7) is 2.00. The van der Waals surface area contributed by atoms with E-state index in [2.05, 4.69) is 16.2 Å². The van der Waals surface area contributed by atoms with Crippen LogP contribution in [-0.2, 0) is 0 Å². The third-order valence-electron chi connectivity index (χ3n) is 2.11. The van der Waals surface area contributed by atoms with Crippen LogP contribution in [0.3, 0.4) is 0 Å². The Labute approximate surface area is 111 Å². The van der Waals surface area contributed by atoms with Gasteiger partial charge in [0.05, 0.1) is 6.04 Å². The van der Waals surface area contributed by atoms with Crippen molar-refractivity contribution in [2.75, 3.05) is 0 Å². The maximum Gasteiger partial charge on any atom is 0.252 e. The minimum Gasteiger partial charge on any atom is -0.338 e. The van der Waals surface area contributed by atoms with Crippen molar-refractivity contribution >= 4 is 29.1 Å². The highest BCUT2D eigenvalue weighted by atomic mass is 35.5. The maximum absolute atomic E-state index is 11.8. The van der Waals surface area contributed by atoms with Crippen LogP contribution in [0, 0.1) is 12.3 Å². The van der Waals surface area contributed by atoms with Crippen molar-refractivity contribution in [1.82, 2.24) is 10.3 Å². The number of nitrogens with zero attached hydrogens (tertiary/aromatic N) is 1. The number of nitrogens with one attached hydrogen (secondary N) is 1. The highest BCUT2D eigenvalue weighted by molar-refractivity contribution is 6.33. The molecular formula is C12H12Cl2N2O. The summed E-state index contributed by atoms with van der Waals surface area (Å²) in [5, 5.41) is 3.07. The molecular weight excluding hydrogens is 259 g/mol. The second-order valence-corrected chi connectivity index (χ2v) is 4.26. The number of hydrogen-bond donors (Lipinski definition) is 1. The van der Waals surface area contributed by atoms with Crippen LogP contribution >= 0.6 is 23.2 Å². The summed E-state index contributed by atoms with van der Waals surface area (Å²) >= 11 is 11.4. The predicted octanol–water partition coefficient (Wildman–Crippen LogP) is 2.92. The van der Waals surface area contributed by atoms with Crippen molar-refractivity contribution in [2.24, 2.45) is 0 Å². The minimum atomic E-state index is -0.299. The van der Waals surface area contributed by atoms with E-state index in [1.807, 2.05) is 6.92 Å². The smallest absolute Gasteiger partial charge is 0.252 e. The van der Waals surface area contributed by atoms with Crippen LogP contribution in [0.4, 0.5) is 0 Å². The van der Waals surface area contributed by atoms with E-state index in [0.717, 1.165) is 12.8 Å². The molecule has 1 amide bonds. The van der Waals surface area contributed by atoms with Gasteiger partial charge in [-0.25, -0.2) is 4.98 Å². The molecule has 0 radical (unpaired) electrons. The number of rotatable bonds is 4. The average Bonchev–Trinajstić information content (AvgIpc) is 2.27. The fraction of sp³-hybridized carbons (Fsp3) is 0.333. The fourth-order valence-corrected chi connectivity index (χ4v) is 1.78. The largest absolute Gasteiger partial charge is 0.338 e. The maximum atomic E-state index is 11.8. The van der Waals surface area contributed by atoms with Gasteiger partial charge < -0.3 is 5.32 Å². The van der Waals surface area contributed by atoms with E-state index in [1.54, 1.807) is 0 Å². The quantitative estimate of drug-likeness (QED) is 0.675. The number of terminal acetylenes is 1. The molecule has 0 bridgehead atoms. The third kappa shape index (κ3) is 4.26. The molecule has 0 aliphatic rings. The van der Waals surface area contributed by atoms with Crippen LogP contribution in [0.15, 0.2) is 12.1 Å². The molecule has 1 aromatic rings. The highest BCUT2D eigenvalue weighted by Crippen LogP contribution is 2.14. The van der Waals surface area contributed by atoms with Gasteiger partial charge in [0.25, 0.3) is 5.91 Å². The Balaban J connectivity index is 2.79. The molecule has 90 valence electrons. The van der Waals surface area contributed by atoms with E-state index in [9.17, 15) is 4.79 Å². The summed E-state index contributed by atoms with van der Waals surface area (Å²) in [5.74, 6) is 2.22. The molecule has 17 heavy (non-hydrogen) atoms. The zero-order chi connectivity index (χ0) is 12.8. The van der Waals surface area contributed by atoms with E-state index >= 15 is 0 Å². The van der Waals surface area contributed by atoms with Crippen LogP contribution in [0.5, 0.6) is 0 Å². The molecule has 1 N–H and O–H groups in total. The molecule has 3 nitrogen and oxygen atoms in total. The van der Waals surface area contributed by atoms with Gasteiger partial charge >= 0.3 is 0 Å². The first-order valence-electron chi connectivity index (χ1n) is 5.17. The van der Waals surface area contributed by atoms with Gasteiger partial charge in [-0.1, -0.05) is 42.5 Å². The number of pyridine rings is 1. The third-order valence-corrected chi connectivity index (χ3v) is 2.50. The second-order valence-electron chi connectivity index (χ2n) is 3.48. The lowest BCUT2D eigenvalue weighted by atomic mass is 10.1. The number of halogens is 2. The van der Waals surface area contributed by atoms with Crippen molar-refractivity contribution in [3.8, 4) is 12.3 Å². The Hall–Kier alpha value is -1.24. The summed E-state index contributed by atoms with van der Waals surface area (Å²) in [4.78, 5) is 15.6. The van der Waals surface area contributed by atoms with E-state index in [0.29, 0.717) is 5.56 Å². The normalized spacial score (nSPS) is 11.6. The second kappa shape index (κ2) is 6.48. The average molecular weight is 271 g/mol. The van der Waals surface area contributed by atoms with Crippen molar-refractivity contribution in [3.63, 3.8) is 0 Å². The zero-order valence-corrected chi connectivity index (χ0v) is 10.8. The van der Waals surface area contributed by atoms with Gasteiger partial charge in [0, 0.05) is 5.56 Å². The Morgan fingerprint density at radius 3 is 2.59 bits per heavy atom. The SMILES string of the molecule is C#CC(CCC)NC(=O)c1cc(Cl)nc(Cl)c1. The molecule has 0 saturated heterocycles. The lowest BCUT2D eigenvalue weighted by Crippen LogP contribution is -2.33. The van der Waals surface area contributed by atoms with E-state index in [-0.39, 0.29) is 22.3 Å².